The first-order valence-electron chi connectivity index (χ1n) is 12.0. The molecular weight excluding hydrogens is 466 g/mol. The van der Waals surface area contributed by atoms with Gasteiger partial charge in [0.25, 0.3) is 5.91 Å². The van der Waals surface area contributed by atoms with Crippen molar-refractivity contribution >= 4 is 34.0 Å². The normalized spacial score (nSPS) is 15.2. The smallest absolute Gasteiger partial charge is 0.344 e. The number of amides is 1. The van der Waals surface area contributed by atoms with Crippen LogP contribution in [-0.4, -0.2) is 43.8 Å². The van der Waals surface area contributed by atoms with Crippen LogP contribution < -0.4 is 0 Å². The Morgan fingerprint density at radius 3 is 2.59 bits per heavy atom. The summed E-state index contributed by atoms with van der Waals surface area (Å²) in [5.41, 5.74) is 3.84. The molecule has 0 spiro atoms. The molecule has 1 amide bonds. The van der Waals surface area contributed by atoms with E-state index in [2.05, 4.69) is 34.3 Å². The minimum Gasteiger partial charge on any atom is -0.452 e. The lowest BCUT2D eigenvalue weighted by molar-refractivity contribution is -0.136. The van der Waals surface area contributed by atoms with Gasteiger partial charge in [-0.2, -0.15) is 10.2 Å². The van der Waals surface area contributed by atoms with E-state index in [-0.39, 0.29) is 11.6 Å². The molecule has 0 bridgehead atoms. The molecule has 8 heteroatoms. The van der Waals surface area contributed by atoms with Gasteiger partial charge in [-0.1, -0.05) is 66.7 Å². The summed E-state index contributed by atoms with van der Waals surface area (Å²) in [5.74, 6) is -1.05. The second kappa shape index (κ2) is 9.31. The molecule has 0 fully saturated rings. The number of hydrogen-bond acceptors (Lipinski definition) is 6. The third kappa shape index (κ3) is 4.23. The standard InChI is InChI=1S/C29H23N5O3/c1-19-27(28-30-14-7-15-33(28)31-19)29(36)37-18-26(35)34-25(21-9-3-2-4-10-21)17-24(32-34)23-13-12-20-8-5-6-11-22(20)16-23/h2-16,25H,17-18H2,1H3. The first-order valence-corrected chi connectivity index (χ1v) is 12.0. The molecule has 5 aromatic rings. The molecule has 1 aliphatic rings. The highest BCUT2D eigenvalue weighted by atomic mass is 16.5. The highest BCUT2D eigenvalue weighted by Gasteiger charge is 2.34. The first kappa shape index (κ1) is 22.6. The summed E-state index contributed by atoms with van der Waals surface area (Å²) < 4.78 is 6.95. The second-order valence-corrected chi connectivity index (χ2v) is 8.90. The van der Waals surface area contributed by atoms with Gasteiger partial charge in [-0.25, -0.2) is 19.3 Å². The summed E-state index contributed by atoms with van der Waals surface area (Å²) in [6.45, 7) is 1.26. The zero-order valence-corrected chi connectivity index (χ0v) is 20.1. The number of benzene rings is 3. The van der Waals surface area contributed by atoms with Crippen molar-refractivity contribution in [3.63, 3.8) is 0 Å². The van der Waals surface area contributed by atoms with E-state index in [1.165, 1.54) is 9.52 Å². The van der Waals surface area contributed by atoms with Gasteiger partial charge in [0.05, 0.1) is 17.4 Å². The molecule has 8 nitrogen and oxygen atoms in total. The molecule has 0 saturated carbocycles. The topological polar surface area (TPSA) is 89.2 Å². The monoisotopic (exact) mass is 489 g/mol. The quantitative estimate of drug-likeness (QED) is 0.333. The maximum atomic E-state index is 13.3. The number of esters is 1. The number of carbonyl (C=O) groups excluding carboxylic acids is 2. The second-order valence-electron chi connectivity index (χ2n) is 8.90. The van der Waals surface area contributed by atoms with Gasteiger partial charge >= 0.3 is 5.97 Å². The molecule has 3 aromatic carbocycles. The average Bonchev–Trinajstić information content (AvgIpc) is 3.53. The van der Waals surface area contributed by atoms with Crippen LogP contribution in [0.15, 0.2) is 96.4 Å². The lowest BCUT2D eigenvalue weighted by Gasteiger charge is -2.21. The van der Waals surface area contributed by atoms with Crippen LogP contribution in [-0.2, 0) is 9.53 Å². The molecule has 1 atom stereocenters. The van der Waals surface area contributed by atoms with Crippen molar-refractivity contribution in [1.82, 2.24) is 19.6 Å². The van der Waals surface area contributed by atoms with Crippen LogP contribution in [0.4, 0.5) is 0 Å². The molecule has 1 unspecified atom stereocenters. The zero-order chi connectivity index (χ0) is 25.4. The molecule has 3 heterocycles. The van der Waals surface area contributed by atoms with Crippen molar-refractivity contribution in [2.24, 2.45) is 5.10 Å². The van der Waals surface area contributed by atoms with Crippen LogP contribution in [0.3, 0.4) is 0 Å². The lowest BCUT2D eigenvalue weighted by Crippen LogP contribution is -2.31. The number of hydrogen-bond donors (Lipinski definition) is 0. The fourth-order valence-electron chi connectivity index (χ4n) is 4.72. The lowest BCUT2D eigenvalue weighted by atomic mass is 9.97. The van der Waals surface area contributed by atoms with E-state index in [4.69, 9.17) is 9.84 Å². The molecule has 0 aliphatic carbocycles. The summed E-state index contributed by atoms with van der Waals surface area (Å²) in [5, 5.41) is 12.7. The first-order chi connectivity index (χ1) is 18.1. The molecule has 0 N–H and O–H groups in total. The maximum absolute atomic E-state index is 13.3. The van der Waals surface area contributed by atoms with Crippen LogP contribution >= 0.6 is 0 Å². The van der Waals surface area contributed by atoms with E-state index < -0.39 is 18.5 Å². The van der Waals surface area contributed by atoms with Crippen molar-refractivity contribution in [3.05, 3.63) is 114 Å². The summed E-state index contributed by atoms with van der Waals surface area (Å²) >= 11 is 0. The van der Waals surface area contributed by atoms with Crippen molar-refractivity contribution in [2.75, 3.05) is 6.61 Å². The van der Waals surface area contributed by atoms with Crippen LogP contribution in [0.1, 0.15) is 39.6 Å². The summed E-state index contributed by atoms with van der Waals surface area (Å²) in [7, 11) is 0. The fourth-order valence-corrected chi connectivity index (χ4v) is 4.72. The third-order valence-corrected chi connectivity index (χ3v) is 6.53. The highest BCUT2D eigenvalue weighted by Crippen LogP contribution is 2.33. The Morgan fingerprint density at radius 2 is 1.76 bits per heavy atom. The zero-order valence-electron chi connectivity index (χ0n) is 20.1. The molecule has 0 radical (unpaired) electrons. The van der Waals surface area contributed by atoms with E-state index >= 15 is 0 Å². The predicted octanol–water partition coefficient (Wildman–Crippen LogP) is 4.73. The Bertz CT molecular complexity index is 1680. The van der Waals surface area contributed by atoms with Gasteiger partial charge in [-0.15, -0.1) is 0 Å². The number of aryl methyl sites for hydroxylation is 1. The van der Waals surface area contributed by atoms with Gasteiger partial charge in [-0.05, 0) is 41.0 Å². The number of carbonyl (C=O) groups is 2. The minimum atomic E-state index is -0.645. The van der Waals surface area contributed by atoms with Crippen molar-refractivity contribution in [3.8, 4) is 0 Å². The van der Waals surface area contributed by atoms with Crippen molar-refractivity contribution in [1.29, 1.82) is 0 Å². The molecule has 2 aromatic heterocycles. The van der Waals surface area contributed by atoms with Crippen LogP contribution in [0.2, 0.25) is 0 Å². The molecular formula is C29H23N5O3. The Hall–Kier alpha value is -4.85. The van der Waals surface area contributed by atoms with E-state index in [0.717, 1.165) is 27.6 Å². The largest absolute Gasteiger partial charge is 0.452 e. The molecule has 6 rings (SSSR count). The molecule has 182 valence electrons. The molecule has 0 saturated heterocycles. The van der Waals surface area contributed by atoms with Crippen LogP contribution in [0.5, 0.6) is 0 Å². The van der Waals surface area contributed by atoms with Gasteiger partial charge in [0, 0.05) is 18.8 Å². The van der Waals surface area contributed by atoms with Gasteiger partial charge in [0.15, 0.2) is 12.3 Å². The van der Waals surface area contributed by atoms with Crippen LogP contribution in [0, 0.1) is 6.92 Å². The average molecular weight is 490 g/mol. The van der Waals surface area contributed by atoms with Gasteiger partial charge in [0.1, 0.15) is 5.56 Å². The minimum absolute atomic E-state index is 0.245. The van der Waals surface area contributed by atoms with Crippen LogP contribution in [0.25, 0.3) is 16.4 Å². The van der Waals surface area contributed by atoms with Gasteiger partial charge in [0.2, 0.25) is 0 Å². The number of hydrazone groups is 1. The highest BCUT2D eigenvalue weighted by molar-refractivity contribution is 6.06. The van der Waals surface area contributed by atoms with E-state index in [9.17, 15) is 9.59 Å². The Kier molecular flexibility index (Phi) is 5.69. The number of nitrogens with zero attached hydrogens (tertiary/aromatic N) is 5. The van der Waals surface area contributed by atoms with E-state index in [0.29, 0.717) is 17.8 Å². The molecule has 37 heavy (non-hydrogen) atoms. The maximum Gasteiger partial charge on any atom is 0.344 e. The van der Waals surface area contributed by atoms with Gasteiger partial charge < -0.3 is 4.74 Å². The summed E-state index contributed by atoms with van der Waals surface area (Å²) in [4.78, 5) is 30.5. The van der Waals surface area contributed by atoms with E-state index in [1.807, 2.05) is 48.5 Å². The third-order valence-electron chi connectivity index (χ3n) is 6.53. The number of ether oxygens (including phenoxy) is 1. The SMILES string of the molecule is Cc1nn2cccnc2c1C(=O)OCC(=O)N1N=C(c2ccc3ccccc3c2)CC1c1ccccc1. The number of aromatic nitrogens is 3. The van der Waals surface area contributed by atoms with Gasteiger partial charge in [-0.3, -0.25) is 4.79 Å². The Labute approximate surface area is 212 Å². The molecule has 1 aliphatic heterocycles. The van der Waals surface area contributed by atoms with E-state index in [1.54, 1.807) is 25.4 Å². The summed E-state index contributed by atoms with van der Waals surface area (Å²) in [6, 6.07) is 25.5. The Balaban J connectivity index is 1.27. The predicted molar refractivity (Wildman–Crippen MR) is 139 cm³/mol. The number of fused-ring (bicyclic) bond motifs is 2. The van der Waals surface area contributed by atoms with Crippen molar-refractivity contribution in [2.45, 2.75) is 19.4 Å². The van der Waals surface area contributed by atoms with Crippen molar-refractivity contribution < 1.29 is 14.3 Å². The number of rotatable bonds is 5. The fraction of sp³-hybridized carbons (Fsp3) is 0.138. The Morgan fingerprint density at radius 1 is 0.973 bits per heavy atom. The summed E-state index contributed by atoms with van der Waals surface area (Å²) in [6.07, 6.45) is 3.84.